The summed E-state index contributed by atoms with van der Waals surface area (Å²) in [5.41, 5.74) is 0.260. The van der Waals surface area contributed by atoms with Crippen molar-refractivity contribution in [2.45, 2.75) is 12.7 Å². The van der Waals surface area contributed by atoms with E-state index >= 15 is 0 Å². The number of hydrogen-bond acceptors (Lipinski definition) is 2. The van der Waals surface area contributed by atoms with Crippen molar-refractivity contribution in [2.24, 2.45) is 0 Å². The number of halogens is 4. The van der Waals surface area contributed by atoms with Crippen molar-refractivity contribution < 1.29 is 17.9 Å². The van der Waals surface area contributed by atoms with E-state index in [9.17, 15) is 13.2 Å². The molecule has 0 aromatic heterocycles. The van der Waals surface area contributed by atoms with Crippen molar-refractivity contribution >= 4 is 34.6 Å². The van der Waals surface area contributed by atoms with E-state index in [4.69, 9.17) is 28.6 Å². The van der Waals surface area contributed by atoms with Crippen LogP contribution in [0, 0.1) is 0 Å². The number of nitrogens with one attached hydrogen (secondary N) is 2. The largest absolute Gasteiger partial charge is 0.497 e. The molecule has 0 atom stereocenters. The maximum absolute atomic E-state index is 12.8. The van der Waals surface area contributed by atoms with Crippen LogP contribution in [-0.4, -0.2) is 12.2 Å². The summed E-state index contributed by atoms with van der Waals surface area (Å²) < 4.78 is 43.6. The smallest absolute Gasteiger partial charge is 0.417 e. The Labute approximate surface area is 147 Å². The Balaban J connectivity index is 1.99. The van der Waals surface area contributed by atoms with Crippen LogP contribution in [0.1, 0.15) is 11.1 Å². The fourth-order valence-electron chi connectivity index (χ4n) is 1.96. The summed E-state index contributed by atoms with van der Waals surface area (Å²) in [5, 5.41) is 5.74. The summed E-state index contributed by atoms with van der Waals surface area (Å²) in [6, 6.07) is 10.9. The molecule has 0 saturated heterocycles. The van der Waals surface area contributed by atoms with Crippen molar-refractivity contribution in [3.05, 3.63) is 58.6 Å². The van der Waals surface area contributed by atoms with Gasteiger partial charge in [0.15, 0.2) is 5.11 Å². The number of hydrogen-bond donors (Lipinski definition) is 2. The third-order valence-corrected chi connectivity index (χ3v) is 3.69. The lowest BCUT2D eigenvalue weighted by molar-refractivity contribution is -0.137. The van der Waals surface area contributed by atoms with E-state index in [1.54, 1.807) is 31.4 Å². The first kappa shape index (κ1) is 18.4. The molecule has 128 valence electrons. The third kappa shape index (κ3) is 5.01. The van der Waals surface area contributed by atoms with Gasteiger partial charge in [-0.05, 0) is 42.0 Å². The molecule has 0 aliphatic heterocycles. The molecule has 0 fully saturated rings. The Morgan fingerprint density at radius 1 is 1.21 bits per heavy atom. The SMILES string of the molecule is COc1cccc(NC(=S)NCc2ccc(Cl)c(C(F)(F)F)c2)c1. The molecule has 0 aliphatic rings. The zero-order chi connectivity index (χ0) is 17.7. The Kier molecular flexibility index (Phi) is 5.90. The quantitative estimate of drug-likeness (QED) is 0.749. The molecule has 2 aromatic carbocycles. The minimum Gasteiger partial charge on any atom is -0.497 e. The molecule has 0 bridgehead atoms. The first-order chi connectivity index (χ1) is 11.3. The summed E-state index contributed by atoms with van der Waals surface area (Å²) >= 11 is 10.7. The second-order valence-electron chi connectivity index (χ2n) is 4.85. The highest BCUT2D eigenvalue weighted by atomic mass is 35.5. The van der Waals surface area contributed by atoms with Gasteiger partial charge in [0.2, 0.25) is 0 Å². The van der Waals surface area contributed by atoms with Gasteiger partial charge in [0.25, 0.3) is 0 Å². The number of ether oxygens (including phenoxy) is 1. The lowest BCUT2D eigenvalue weighted by Crippen LogP contribution is -2.28. The molecule has 0 unspecified atom stereocenters. The second-order valence-corrected chi connectivity index (χ2v) is 5.67. The van der Waals surface area contributed by atoms with Crippen LogP contribution >= 0.6 is 23.8 Å². The van der Waals surface area contributed by atoms with Gasteiger partial charge in [0.1, 0.15) is 5.75 Å². The van der Waals surface area contributed by atoms with Gasteiger partial charge in [-0.25, -0.2) is 0 Å². The Morgan fingerprint density at radius 2 is 1.96 bits per heavy atom. The van der Waals surface area contributed by atoms with E-state index in [0.29, 0.717) is 17.0 Å². The number of anilines is 1. The number of thiocarbonyl (C=S) groups is 1. The molecule has 2 N–H and O–H groups in total. The fourth-order valence-corrected chi connectivity index (χ4v) is 2.37. The van der Waals surface area contributed by atoms with Crippen molar-refractivity contribution in [1.29, 1.82) is 0 Å². The highest BCUT2D eigenvalue weighted by Gasteiger charge is 2.33. The minimum absolute atomic E-state index is 0.135. The molecule has 2 aromatic rings. The minimum atomic E-state index is -4.49. The van der Waals surface area contributed by atoms with E-state index in [-0.39, 0.29) is 16.7 Å². The van der Waals surface area contributed by atoms with Gasteiger partial charge in [-0.2, -0.15) is 13.2 Å². The van der Waals surface area contributed by atoms with Gasteiger partial charge in [-0.3, -0.25) is 0 Å². The highest BCUT2D eigenvalue weighted by Crippen LogP contribution is 2.35. The Hall–Kier alpha value is -1.99. The van der Waals surface area contributed by atoms with Crippen molar-refractivity contribution in [3.8, 4) is 5.75 Å². The number of methoxy groups -OCH3 is 1. The average molecular weight is 375 g/mol. The predicted molar refractivity (Wildman–Crippen MR) is 92.5 cm³/mol. The first-order valence-electron chi connectivity index (χ1n) is 6.84. The standard InChI is InChI=1S/C16H14ClF3N2OS/c1-23-12-4-2-3-11(8-12)22-15(24)21-9-10-5-6-14(17)13(7-10)16(18,19)20/h2-8H,9H2,1H3,(H2,21,22,24). The maximum atomic E-state index is 12.8. The van der Waals surface area contributed by atoms with Gasteiger partial charge >= 0.3 is 6.18 Å². The number of rotatable bonds is 4. The van der Waals surface area contributed by atoms with Gasteiger partial charge in [-0.1, -0.05) is 23.7 Å². The van der Waals surface area contributed by atoms with Crippen LogP contribution < -0.4 is 15.4 Å². The summed E-state index contributed by atoms with van der Waals surface area (Å²) in [4.78, 5) is 0. The van der Waals surface area contributed by atoms with Gasteiger partial charge in [0.05, 0.1) is 17.7 Å². The molecule has 0 radical (unpaired) electrons. The molecule has 0 amide bonds. The third-order valence-electron chi connectivity index (χ3n) is 3.12. The van der Waals surface area contributed by atoms with Crippen LogP contribution in [0.15, 0.2) is 42.5 Å². The van der Waals surface area contributed by atoms with Gasteiger partial charge in [0, 0.05) is 18.3 Å². The molecule has 2 rings (SSSR count). The number of benzene rings is 2. The van der Waals surface area contributed by atoms with Crippen LogP contribution in [0.4, 0.5) is 18.9 Å². The van der Waals surface area contributed by atoms with Crippen LogP contribution in [-0.2, 0) is 12.7 Å². The molecule has 8 heteroatoms. The summed E-state index contributed by atoms with van der Waals surface area (Å²) in [5.74, 6) is 0.662. The highest BCUT2D eigenvalue weighted by molar-refractivity contribution is 7.80. The fraction of sp³-hybridized carbons (Fsp3) is 0.188. The summed E-state index contributed by atoms with van der Waals surface area (Å²) in [7, 11) is 1.55. The van der Waals surface area contributed by atoms with E-state index in [1.807, 2.05) is 0 Å². The number of alkyl halides is 3. The van der Waals surface area contributed by atoms with Crippen LogP contribution in [0.3, 0.4) is 0 Å². The lowest BCUT2D eigenvalue weighted by atomic mass is 10.1. The van der Waals surface area contributed by atoms with Crippen LogP contribution in [0.25, 0.3) is 0 Å². The summed E-state index contributed by atoms with van der Waals surface area (Å²) in [6.07, 6.45) is -4.49. The van der Waals surface area contributed by atoms with E-state index in [2.05, 4.69) is 10.6 Å². The predicted octanol–water partition coefficient (Wildman–Crippen LogP) is 4.85. The molecular formula is C16H14ClF3N2OS. The topological polar surface area (TPSA) is 33.3 Å². The average Bonchev–Trinajstić information content (AvgIpc) is 2.53. The van der Waals surface area contributed by atoms with Gasteiger partial charge in [-0.15, -0.1) is 0 Å². The van der Waals surface area contributed by atoms with E-state index in [0.717, 1.165) is 6.07 Å². The maximum Gasteiger partial charge on any atom is 0.417 e. The first-order valence-corrected chi connectivity index (χ1v) is 7.63. The van der Waals surface area contributed by atoms with Crippen molar-refractivity contribution in [1.82, 2.24) is 5.32 Å². The molecule has 0 saturated carbocycles. The molecule has 0 aliphatic carbocycles. The molecule has 0 spiro atoms. The van der Waals surface area contributed by atoms with Crippen molar-refractivity contribution in [2.75, 3.05) is 12.4 Å². The lowest BCUT2D eigenvalue weighted by Gasteiger charge is -2.13. The van der Waals surface area contributed by atoms with E-state index in [1.165, 1.54) is 12.1 Å². The zero-order valence-corrected chi connectivity index (χ0v) is 14.1. The van der Waals surface area contributed by atoms with Crippen LogP contribution in [0.2, 0.25) is 5.02 Å². The molecule has 0 heterocycles. The zero-order valence-electron chi connectivity index (χ0n) is 12.6. The second kappa shape index (κ2) is 7.72. The van der Waals surface area contributed by atoms with Crippen LogP contribution in [0.5, 0.6) is 5.75 Å². The normalized spacial score (nSPS) is 11.0. The molecule has 24 heavy (non-hydrogen) atoms. The Morgan fingerprint density at radius 3 is 2.62 bits per heavy atom. The Bertz CT molecular complexity index is 738. The molecular weight excluding hydrogens is 361 g/mol. The summed E-state index contributed by atoms with van der Waals surface area (Å²) in [6.45, 7) is 0.135. The molecule has 3 nitrogen and oxygen atoms in total. The van der Waals surface area contributed by atoms with Crippen molar-refractivity contribution in [3.63, 3.8) is 0 Å². The van der Waals surface area contributed by atoms with Gasteiger partial charge < -0.3 is 15.4 Å². The monoisotopic (exact) mass is 374 g/mol. The van der Waals surface area contributed by atoms with E-state index < -0.39 is 11.7 Å².